The fourth-order valence-corrected chi connectivity index (χ4v) is 1.45. The lowest BCUT2D eigenvalue weighted by Gasteiger charge is -1.77. The summed E-state index contributed by atoms with van der Waals surface area (Å²) in [6.45, 7) is 0. The van der Waals surface area contributed by atoms with Crippen LogP contribution in [0.15, 0.2) is 17.8 Å². The van der Waals surface area contributed by atoms with Crippen LogP contribution in [0.3, 0.4) is 0 Å². The SMILES string of the molecule is Nc1cnn2ccsc12. The zero-order valence-corrected chi connectivity index (χ0v) is 5.43. The van der Waals surface area contributed by atoms with E-state index in [4.69, 9.17) is 5.73 Å². The fraction of sp³-hybridized carbons (Fsp3) is 0. The van der Waals surface area contributed by atoms with Crippen LogP contribution in [0.2, 0.25) is 0 Å². The Balaban J connectivity index is 2.99. The highest BCUT2D eigenvalue weighted by molar-refractivity contribution is 7.16. The lowest BCUT2D eigenvalue weighted by molar-refractivity contribution is 0.978. The van der Waals surface area contributed by atoms with Crippen LogP contribution in [0.4, 0.5) is 5.69 Å². The lowest BCUT2D eigenvalue weighted by atomic mass is 10.6. The molecular formula is C5H5N3S. The second-order valence-electron chi connectivity index (χ2n) is 1.75. The molecule has 0 amide bonds. The second-order valence-corrected chi connectivity index (χ2v) is 2.65. The predicted molar refractivity (Wildman–Crippen MR) is 37.5 cm³/mol. The Bertz CT molecular complexity index is 321. The third kappa shape index (κ3) is 0.533. The lowest BCUT2D eigenvalue weighted by Crippen LogP contribution is -1.78. The molecule has 2 aromatic heterocycles. The van der Waals surface area contributed by atoms with Crippen molar-refractivity contribution in [3.05, 3.63) is 17.8 Å². The zero-order chi connectivity index (χ0) is 6.27. The van der Waals surface area contributed by atoms with Crippen LogP contribution in [-0.4, -0.2) is 9.61 Å². The number of fused-ring (bicyclic) bond motifs is 1. The molecule has 0 aromatic carbocycles. The van der Waals surface area contributed by atoms with Gasteiger partial charge in [-0.2, -0.15) is 5.10 Å². The van der Waals surface area contributed by atoms with Gasteiger partial charge in [0, 0.05) is 11.6 Å². The summed E-state index contributed by atoms with van der Waals surface area (Å²) >= 11 is 1.60. The molecule has 2 rings (SSSR count). The van der Waals surface area contributed by atoms with Crippen molar-refractivity contribution in [2.45, 2.75) is 0 Å². The van der Waals surface area contributed by atoms with E-state index < -0.39 is 0 Å². The van der Waals surface area contributed by atoms with Crippen molar-refractivity contribution >= 4 is 21.9 Å². The molecule has 0 bridgehead atoms. The minimum absolute atomic E-state index is 0.755. The maximum absolute atomic E-state index is 5.55. The number of thiazole rings is 1. The standard InChI is InChI=1S/C5H5N3S/c6-4-3-7-8-1-2-9-5(4)8/h1-3H,6H2. The van der Waals surface area contributed by atoms with Crippen LogP contribution >= 0.6 is 11.3 Å². The molecule has 3 nitrogen and oxygen atoms in total. The van der Waals surface area contributed by atoms with Crippen LogP contribution in [0.1, 0.15) is 0 Å². The number of hydrogen-bond acceptors (Lipinski definition) is 3. The molecule has 0 fully saturated rings. The van der Waals surface area contributed by atoms with E-state index in [9.17, 15) is 0 Å². The smallest absolute Gasteiger partial charge is 0.142 e. The monoisotopic (exact) mass is 139 g/mol. The Morgan fingerprint density at radius 3 is 3.33 bits per heavy atom. The minimum atomic E-state index is 0.755. The summed E-state index contributed by atoms with van der Waals surface area (Å²) in [5.41, 5.74) is 6.30. The van der Waals surface area contributed by atoms with Crippen molar-refractivity contribution in [2.75, 3.05) is 5.73 Å². The number of hydrogen-bond donors (Lipinski definition) is 1. The van der Waals surface area contributed by atoms with Gasteiger partial charge in [0.05, 0.1) is 11.9 Å². The first kappa shape index (κ1) is 4.81. The van der Waals surface area contributed by atoms with E-state index in [1.165, 1.54) is 0 Å². The molecule has 0 unspecified atom stereocenters. The Morgan fingerprint density at radius 1 is 1.67 bits per heavy atom. The maximum Gasteiger partial charge on any atom is 0.142 e. The van der Waals surface area contributed by atoms with Crippen LogP contribution in [0.25, 0.3) is 4.83 Å². The number of nitrogen functional groups attached to an aromatic ring is 1. The van der Waals surface area contributed by atoms with E-state index in [0.29, 0.717) is 0 Å². The van der Waals surface area contributed by atoms with E-state index >= 15 is 0 Å². The van der Waals surface area contributed by atoms with Crippen molar-refractivity contribution in [2.24, 2.45) is 0 Å². The Labute approximate surface area is 55.7 Å². The molecule has 2 aromatic rings. The summed E-state index contributed by atoms with van der Waals surface area (Å²) < 4.78 is 1.76. The van der Waals surface area contributed by atoms with Gasteiger partial charge >= 0.3 is 0 Å². The van der Waals surface area contributed by atoms with Crippen LogP contribution < -0.4 is 5.73 Å². The highest BCUT2D eigenvalue weighted by atomic mass is 32.1. The second kappa shape index (κ2) is 1.48. The molecule has 0 spiro atoms. The Kier molecular flexibility index (Phi) is 0.790. The van der Waals surface area contributed by atoms with Crippen molar-refractivity contribution in [3.63, 3.8) is 0 Å². The molecule has 0 aliphatic carbocycles. The van der Waals surface area contributed by atoms with Gasteiger partial charge in [0.25, 0.3) is 0 Å². The van der Waals surface area contributed by atoms with E-state index in [-0.39, 0.29) is 0 Å². The largest absolute Gasteiger partial charge is 0.395 e. The van der Waals surface area contributed by atoms with Crippen LogP contribution in [-0.2, 0) is 0 Å². The van der Waals surface area contributed by atoms with E-state index in [2.05, 4.69) is 5.10 Å². The summed E-state index contributed by atoms with van der Waals surface area (Å²) in [4.78, 5) is 1.02. The molecule has 0 radical (unpaired) electrons. The molecular weight excluding hydrogens is 134 g/mol. The molecule has 0 aliphatic heterocycles. The van der Waals surface area contributed by atoms with Gasteiger partial charge < -0.3 is 5.73 Å². The molecule has 0 saturated heterocycles. The third-order valence-corrected chi connectivity index (χ3v) is 2.06. The van der Waals surface area contributed by atoms with E-state index in [1.54, 1.807) is 22.0 Å². The number of nitrogens with zero attached hydrogens (tertiary/aromatic N) is 2. The first-order valence-corrected chi connectivity index (χ1v) is 3.42. The van der Waals surface area contributed by atoms with Gasteiger partial charge in [0.2, 0.25) is 0 Å². The van der Waals surface area contributed by atoms with Gasteiger partial charge in [-0.1, -0.05) is 0 Å². The summed E-state index contributed by atoms with van der Waals surface area (Å²) in [6, 6.07) is 0. The van der Waals surface area contributed by atoms with Crippen LogP contribution in [0.5, 0.6) is 0 Å². The quantitative estimate of drug-likeness (QED) is 0.591. The topological polar surface area (TPSA) is 43.3 Å². The first-order valence-electron chi connectivity index (χ1n) is 2.54. The van der Waals surface area contributed by atoms with Crippen molar-refractivity contribution in [3.8, 4) is 0 Å². The fourth-order valence-electron chi connectivity index (χ4n) is 0.745. The number of nitrogens with two attached hydrogens (primary N) is 1. The van der Waals surface area contributed by atoms with E-state index in [0.717, 1.165) is 10.5 Å². The van der Waals surface area contributed by atoms with Gasteiger partial charge in [0.15, 0.2) is 0 Å². The van der Waals surface area contributed by atoms with Crippen molar-refractivity contribution < 1.29 is 0 Å². The predicted octanol–water partition coefficient (Wildman–Crippen LogP) is 0.978. The molecule has 2 heterocycles. The highest BCUT2D eigenvalue weighted by Crippen LogP contribution is 2.17. The molecule has 0 saturated carbocycles. The van der Waals surface area contributed by atoms with Gasteiger partial charge in [0.1, 0.15) is 4.83 Å². The Morgan fingerprint density at radius 2 is 2.56 bits per heavy atom. The third-order valence-electron chi connectivity index (χ3n) is 1.16. The maximum atomic E-state index is 5.55. The van der Waals surface area contributed by atoms with Crippen LogP contribution in [0, 0.1) is 0 Å². The van der Waals surface area contributed by atoms with Crippen molar-refractivity contribution in [1.82, 2.24) is 9.61 Å². The van der Waals surface area contributed by atoms with Gasteiger partial charge in [-0.05, 0) is 0 Å². The molecule has 0 aliphatic rings. The van der Waals surface area contributed by atoms with Gasteiger partial charge in [-0.25, -0.2) is 4.52 Å². The molecule has 46 valence electrons. The summed E-state index contributed by atoms with van der Waals surface area (Å²) in [5, 5.41) is 5.94. The van der Waals surface area contributed by atoms with Gasteiger partial charge in [-0.3, -0.25) is 0 Å². The zero-order valence-electron chi connectivity index (χ0n) is 4.61. The first-order chi connectivity index (χ1) is 4.38. The Hall–Kier alpha value is -1.03. The molecule has 0 atom stereocenters. The summed E-state index contributed by atoms with van der Waals surface area (Å²) in [6.07, 6.45) is 3.54. The summed E-state index contributed by atoms with van der Waals surface area (Å²) in [7, 11) is 0. The number of anilines is 1. The number of aromatic nitrogens is 2. The summed E-state index contributed by atoms with van der Waals surface area (Å²) in [5.74, 6) is 0. The van der Waals surface area contributed by atoms with Crippen molar-refractivity contribution in [1.29, 1.82) is 0 Å². The average Bonchev–Trinajstić information content (AvgIpc) is 2.35. The highest BCUT2D eigenvalue weighted by Gasteiger charge is 1.97. The average molecular weight is 139 g/mol. The van der Waals surface area contributed by atoms with Gasteiger partial charge in [-0.15, -0.1) is 11.3 Å². The molecule has 9 heavy (non-hydrogen) atoms. The molecule has 4 heteroatoms. The normalized spacial score (nSPS) is 10.7. The minimum Gasteiger partial charge on any atom is -0.395 e. The van der Waals surface area contributed by atoms with E-state index in [1.807, 2.05) is 11.6 Å². The molecule has 2 N–H and O–H groups in total. The number of rotatable bonds is 0.